The largest absolute Gasteiger partial charge is 0.384 e. The summed E-state index contributed by atoms with van der Waals surface area (Å²) < 4.78 is 1.47. The third kappa shape index (κ3) is 2.86. The standard InChI is InChI=1S/C17H18ClN5O/c1-2-4-12(19)16-22-13-6-3-5-11(18)15(13)17(24)23(16)10-7-8-14(20)21-9-10/h3,5-9,12H,2,4,19H2,1H3,(H2,20,21)/t12-/m0/s1. The fraction of sp³-hybridized carbons (Fsp3) is 0.235. The van der Waals surface area contributed by atoms with E-state index in [0.29, 0.717) is 39.7 Å². The summed E-state index contributed by atoms with van der Waals surface area (Å²) in [6, 6.07) is 8.18. The highest BCUT2D eigenvalue weighted by Crippen LogP contribution is 2.23. The highest BCUT2D eigenvalue weighted by Gasteiger charge is 2.19. The van der Waals surface area contributed by atoms with Gasteiger partial charge in [0.15, 0.2) is 0 Å². The molecule has 0 amide bonds. The molecular formula is C17H18ClN5O. The molecule has 0 radical (unpaired) electrons. The molecule has 124 valence electrons. The molecule has 0 saturated heterocycles. The van der Waals surface area contributed by atoms with Crippen molar-refractivity contribution in [2.45, 2.75) is 25.8 Å². The number of fused-ring (bicyclic) bond motifs is 1. The van der Waals surface area contributed by atoms with Crippen molar-refractivity contribution in [3.63, 3.8) is 0 Å². The third-order valence-corrected chi connectivity index (χ3v) is 4.15. The van der Waals surface area contributed by atoms with Crippen LogP contribution in [0, 0.1) is 0 Å². The van der Waals surface area contributed by atoms with Crippen molar-refractivity contribution in [3.8, 4) is 5.69 Å². The van der Waals surface area contributed by atoms with Crippen LogP contribution in [0.1, 0.15) is 31.6 Å². The van der Waals surface area contributed by atoms with Crippen molar-refractivity contribution in [2.75, 3.05) is 5.73 Å². The summed E-state index contributed by atoms with van der Waals surface area (Å²) in [5, 5.41) is 0.723. The van der Waals surface area contributed by atoms with E-state index >= 15 is 0 Å². The van der Waals surface area contributed by atoms with Crippen LogP contribution in [0.2, 0.25) is 5.02 Å². The van der Waals surface area contributed by atoms with Gasteiger partial charge in [0.2, 0.25) is 0 Å². The van der Waals surface area contributed by atoms with E-state index in [1.54, 1.807) is 30.3 Å². The fourth-order valence-corrected chi connectivity index (χ4v) is 2.93. The molecule has 0 saturated carbocycles. The highest BCUT2D eigenvalue weighted by molar-refractivity contribution is 6.35. The molecule has 2 aromatic heterocycles. The molecule has 0 fully saturated rings. The number of hydrogen-bond acceptors (Lipinski definition) is 5. The topological polar surface area (TPSA) is 99.8 Å². The normalized spacial score (nSPS) is 12.5. The summed E-state index contributed by atoms with van der Waals surface area (Å²) in [4.78, 5) is 21.8. The Labute approximate surface area is 144 Å². The Morgan fingerprint density at radius 2 is 2.08 bits per heavy atom. The summed E-state index contributed by atoms with van der Waals surface area (Å²) in [6.07, 6.45) is 3.12. The molecule has 0 aliphatic heterocycles. The number of benzene rings is 1. The molecular weight excluding hydrogens is 326 g/mol. The molecule has 3 aromatic rings. The molecule has 0 bridgehead atoms. The summed E-state index contributed by atoms with van der Waals surface area (Å²) >= 11 is 6.22. The van der Waals surface area contributed by atoms with Gasteiger partial charge in [0, 0.05) is 0 Å². The number of hydrogen-bond donors (Lipinski definition) is 2. The lowest BCUT2D eigenvalue weighted by molar-refractivity contribution is 0.583. The molecule has 4 N–H and O–H groups in total. The number of aromatic nitrogens is 3. The van der Waals surface area contributed by atoms with Gasteiger partial charge >= 0.3 is 0 Å². The van der Waals surface area contributed by atoms with Gasteiger partial charge in [-0.15, -0.1) is 0 Å². The molecule has 1 aromatic carbocycles. The Morgan fingerprint density at radius 1 is 1.29 bits per heavy atom. The second kappa shape index (κ2) is 6.59. The lowest BCUT2D eigenvalue weighted by Gasteiger charge is -2.18. The van der Waals surface area contributed by atoms with Crippen LogP contribution < -0.4 is 17.0 Å². The molecule has 6 nitrogen and oxygen atoms in total. The van der Waals surface area contributed by atoms with Crippen molar-refractivity contribution in [1.82, 2.24) is 14.5 Å². The zero-order valence-corrected chi connectivity index (χ0v) is 14.0. The van der Waals surface area contributed by atoms with E-state index in [2.05, 4.69) is 9.97 Å². The van der Waals surface area contributed by atoms with Gasteiger partial charge in [-0.2, -0.15) is 0 Å². The molecule has 0 aliphatic rings. The Balaban J connectivity index is 2.37. The van der Waals surface area contributed by atoms with Crippen molar-refractivity contribution in [1.29, 1.82) is 0 Å². The minimum Gasteiger partial charge on any atom is -0.384 e. The van der Waals surface area contributed by atoms with E-state index in [-0.39, 0.29) is 11.6 Å². The summed E-state index contributed by atoms with van der Waals surface area (Å²) in [5.41, 5.74) is 12.7. The maximum atomic E-state index is 13.1. The molecule has 2 heterocycles. The minimum atomic E-state index is -0.372. The molecule has 0 spiro atoms. The maximum Gasteiger partial charge on any atom is 0.267 e. The number of nitrogens with two attached hydrogens (primary N) is 2. The van der Waals surface area contributed by atoms with Crippen LogP contribution in [-0.4, -0.2) is 14.5 Å². The van der Waals surface area contributed by atoms with Crippen LogP contribution in [0.5, 0.6) is 0 Å². The Bertz CT molecular complexity index is 936. The second-order valence-corrected chi connectivity index (χ2v) is 5.99. The average molecular weight is 344 g/mol. The van der Waals surface area contributed by atoms with E-state index in [1.807, 2.05) is 6.92 Å². The Hall–Kier alpha value is -2.44. The van der Waals surface area contributed by atoms with Crippen molar-refractivity contribution in [2.24, 2.45) is 5.73 Å². The SMILES string of the molecule is CCC[C@H](N)c1nc2cccc(Cl)c2c(=O)n1-c1ccc(N)nc1. The maximum absolute atomic E-state index is 13.1. The molecule has 0 aliphatic carbocycles. The molecule has 7 heteroatoms. The van der Waals surface area contributed by atoms with Crippen LogP contribution in [0.4, 0.5) is 5.82 Å². The van der Waals surface area contributed by atoms with Gasteiger partial charge in [-0.25, -0.2) is 9.97 Å². The van der Waals surface area contributed by atoms with Crippen molar-refractivity contribution < 1.29 is 0 Å². The van der Waals surface area contributed by atoms with Gasteiger partial charge in [0.25, 0.3) is 5.56 Å². The number of anilines is 1. The Morgan fingerprint density at radius 3 is 2.75 bits per heavy atom. The van der Waals surface area contributed by atoms with Crippen LogP contribution in [-0.2, 0) is 0 Å². The Kier molecular flexibility index (Phi) is 4.51. The molecule has 3 rings (SSSR count). The van der Waals surface area contributed by atoms with E-state index in [1.165, 1.54) is 10.8 Å². The van der Waals surface area contributed by atoms with E-state index in [9.17, 15) is 4.79 Å². The second-order valence-electron chi connectivity index (χ2n) is 5.58. The van der Waals surface area contributed by atoms with E-state index in [4.69, 9.17) is 23.1 Å². The number of pyridine rings is 1. The van der Waals surface area contributed by atoms with Gasteiger partial charge in [0.05, 0.1) is 33.9 Å². The zero-order valence-electron chi connectivity index (χ0n) is 13.2. The van der Waals surface area contributed by atoms with Crippen LogP contribution in [0.25, 0.3) is 16.6 Å². The monoisotopic (exact) mass is 343 g/mol. The first kappa shape index (κ1) is 16.4. The average Bonchev–Trinajstić information content (AvgIpc) is 2.56. The quantitative estimate of drug-likeness (QED) is 0.758. The van der Waals surface area contributed by atoms with E-state index < -0.39 is 0 Å². The summed E-state index contributed by atoms with van der Waals surface area (Å²) in [6.45, 7) is 2.03. The first-order valence-electron chi connectivity index (χ1n) is 7.71. The van der Waals surface area contributed by atoms with Gasteiger partial charge in [-0.1, -0.05) is 31.0 Å². The van der Waals surface area contributed by atoms with Crippen LogP contribution >= 0.6 is 11.6 Å². The van der Waals surface area contributed by atoms with Crippen molar-refractivity contribution >= 4 is 28.3 Å². The smallest absolute Gasteiger partial charge is 0.267 e. The highest BCUT2D eigenvalue weighted by atomic mass is 35.5. The number of halogens is 1. The molecule has 24 heavy (non-hydrogen) atoms. The third-order valence-electron chi connectivity index (χ3n) is 3.83. The van der Waals surface area contributed by atoms with Gasteiger partial charge in [-0.05, 0) is 30.7 Å². The lowest BCUT2D eigenvalue weighted by Crippen LogP contribution is -2.28. The molecule has 1 atom stereocenters. The predicted octanol–water partition coefficient (Wildman–Crippen LogP) is 2.82. The lowest BCUT2D eigenvalue weighted by atomic mass is 10.1. The first-order valence-corrected chi connectivity index (χ1v) is 8.09. The van der Waals surface area contributed by atoms with Gasteiger partial charge < -0.3 is 11.5 Å². The van der Waals surface area contributed by atoms with Crippen LogP contribution in [0.15, 0.2) is 41.3 Å². The van der Waals surface area contributed by atoms with E-state index in [0.717, 1.165) is 6.42 Å². The number of nitrogen functional groups attached to an aromatic ring is 1. The number of nitrogens with zero attached hydrogens (tertiary/aromatic N) is 3. The predicted molar refractivity (Wildman–Crippen MR) is 96.4 cm³/mol. The fourth-order valence-electron chi connectivity index (χ4n) is 2.68. The van der Waals surface area contributed by atoms with Gasteiger partial charge in [-0.3, -0.25) is 9.36 Å². The zero-order chi connectivity index (χ0) is 17.3. The first-order chi connectivity index (χ1) is 11.5. The minimum absolute atomic E-state index is 0.265. The number of rotatable bonds is 4. The summed E-state index contributed by atoms with van der Waals surface area (Å²) in [7, 11) is 0. The molecule has 0 unspecified atom stereocenters. The van der Waals surface area contributed by atoms with Crippen molar-refractivity contribution in [3.05, 3.63) is 57.7 Å². The summed E-state index contributed by atoms with van der Waals surface area (Å²) in [5.74, 6) is 0.862. The van der Waals surface area contributed by atoms with Crippen LogP contribution in [0.3, 0.4) is 0 Å². The van der Waals surface area contributed by atoms with Gasteiger partial charge in [0.1, 0.15) is 11.6 Å².